The zero-order valence-electron chi connectivity index (χ0n) is 14.1. The van der Waals surface area contributed by atoms with E-state index in [9.17, 15) is 25.0 Å². The van der Waals surface area contributed by atoms with Crippen LogP contribution < -0.4 is 5.43 Å². The molecule has 0 aliphatic carbocycles. The Bertz CT molecular complexity index is 1070. The van der Waals surface area contributed by atoms with Crippen molar-refractivity contribution in [3.8, 4) is 11.3 Å². The van der Waals surface area contributed by atoms with Gasteiger partial charge in [-0.15, -0.1) is 0 Å². The van der Waals surface area contributed by atoms with Gasteiger partial charge in [-0.3, -0.25) is 25.0 Å². The van der Waals surface area contributed by atoms with E-state index in [1.807, 2.05) is 0 Å². The molecule has 3 aromatic rings. The highest BCUT2D eigenvalue weighted by Gasteiger charge is 2.10. The average Bonchev–Trinajstić information content (AvgIpc) is 3.17. The van der Waals surface area contributed by atoms with E-state index in [0.29, 0.717) is 17.1 Å². The molecule has 0 saturated heterocycles. The number of hydrogen-bond donors (Lipinski definition) is 1. The van der Waals surface area contributed by atoms with Gasteiger partial charge in [0.1, 0.15) is 11.5 Å². The highest BCUT2D eigenvalue weighted by Crippen LogP contribution is 2.25. The van der Waals surface area contributed by atoms with Crippen molar-refractivity contribution in [3.05, 3.63) is 92.2 Å². The minimum Gasteiger partial charge on any atom is -0.455 e. The van der Waals surface area contributed by atoms with E-state index < -0.39 is 15.8 Å². The first-order valence-corrected chi connectivity index (χ1v) is 7.86. The molecular formula is C18H12N4O6. The van der Waals surface area contributed by atoms with Crippen molar-refractivity contribution in [2.75, 3.05) is 0 Å². The first kappa shape index (κ1) is 18.5. The zero-order valence-corrected chi connectivity index (χ0v) is 14.1. The lowest BCUT2D eigenvalue weighted by Gasteiger charge is -1.99. The maximum atomic E-state index is 12.0. The molecule has 0 fully saturated rings. The van der Waals surface area contributed by atoms with Crippen molar-refractivity contribution >= 4 is 23.5 Å². The van der Waals surface area contributed by atoms with Gasteiger partial charge < -0.3 is 4.42 Å². The molecule has 1 aromatic heterocycles. The monoisotopic (exact) mass is 380 g/mol. The third-order valence-corrected chi connectivity index (χ3v) is 3.67. The summed E-state index contributed by atoms with van der Waals surface area (Å²) in [7, 11) is 0. The Balaban J connectivity index is 1.65. The fourth-order valence-electron chi connectivity index (χ4n) is 2.30. The Morgan fingerprint density at radius 2 is 1.68 bits per heavy atom. The second kappa shape index (κ2) is 7.91. The summed E-state index contributed by atoms with van der Waals surface area (Å²) in [5, 5.41) is 25.2. The maximum absolute atomic E-state index is 12.0. The molecule has 10 heteroatoms. The van der Waals surface area contributed by atoms with E-state index in [4.69, 9.17) is 4.42 Å². The van der Waals surface area contributed by atoms with Crippen LogP contribution in [-0.4, -0.2) is 22.0 Å². The van der Waals surface area contributed by atoms with Crippen LogP contribution in [0.15, 0.2) is 70.2 Å². The molecular weight excluding hydrogens is 368 g/mol. The Morgan fingerprint density at radius 1 is 0.964 bits per heavy atom. The number of furan rings is 1. The predicted octanol–water partition coefficient (Wildman–Crippen LogP) is 3.53. The van der Waals surface area contributed by atoms with Gasteiger partial charge in [-0.05, 0) is 24.3 Å². The number of nitro benzene ring substituents is 2. The number of amides is 1. The van der Waals surface area contributed by atoms with Crippen LogP contribution in [0.25, 0.3) is 11.3 Å². The zero-order chi connectivity index (χ0) is 20.1. The van der Waals surface area contributed by atoms with E-state index in [-0.39, 0.29) is 16.9 Å². The van der Waals surface area contributed by atoms with Gasteiger partial charge >= 0.3 is 0 Å². The summed E-state index contributed by atoms with van der Waals surface area (Å²) in [6, 6.07) is 14.3. The average molecular weight is 380 g/mol. The number of nitrogens with zero attached hydrogens (tertiary/aromatic N) is 3. The molecule has 0 aliphatic rings. The summed E-state index contributed by atoms with van der Waals surface area (Å²) >= 11 is 0. The van der Waals surface area contributed by atoms with Gasteiger partial charge in [0.2, 0.25) is 0 Å². The molecule has 0 unspecified atom stereocenters. The van der Waals surface area contributed by atoms with Crippen molar-refractivity contribution in [2.24, 2.45) is 5.10 Å². The molecule has 28 heavy (non-hydrogen) atoms. The first-order chi connectivity index (χ1) is 13.4. The molecule has 1 N–H and O–H groups in total. The highest BCUT2D eigenvalue weighted by molar-refractivity contribution is 5.94. The number of hydrazone groups is 1. The standard InChI is InChI=1S/C18H12N4O6/c23-18(12-4-6-14(7-5-12)21(24)25)20-19-11-16-8-9-17(28-16)13-2-1-3-15(10-13)22(26)27/h1-11H,(H,20,23)/b19-11-. The first-order valence-electron chi connectivity index (χ1n) is 7.86. The molecule has 0 spiro atoms. The van der Waals surface area contributed by atoms with Gasteiger partial charge in [0, 0.05) is 35.4 Å². The smallest absolute Gasteiger partial charge is 0.271 e. The van der Waals surface area contributed by atoms with Crippen LogP contribution in [0.4, 0.5) is 11.4 Å². The summed E-state index contributed by atoms with van der Waals surface area (Å²) in [5.41, 5.74) is 2.84. The van der Waals surface area contributed by atoms with Crippen LogP contribution in [0, 0.1) is 20.2 Å². The molecule has 2 aromatic carbocycles. The van der Waals surface area contributed by atoms with Gasteiger partial charge in [-0.1, -0.05) is 12.1 Å². The number of nitro groups is 2. The number of benzene rings is 2. The Kier molecular flexibility index (Phi) is 5.21. The lowest BCUT2D eigenvalue weighted by molar-refractivity contribution is -0.385. The van der Waals surface area contributed by atoms with Gasteiger partial charge in [-0.25, -0.2) is 5.43 Å². The Labute approximate surface area is 157 Å². The molecule has 0 saturated carbocycles. The lowest BCUT2D eigenvalue weighted by Crippen LogP contribution is -2.17. The molecule has 10 nitrogen and oxygen atoms in total. The molecule has 1 amide bonds. The number of nitrogens with one attached hydrogen (secondary N) is 1. The topological polar surface area (TPSA) is 141 Å². The fourth-order valence-corrected chi connectivity index (χ4v) is 2.30. The number of carbonyl (C=O) groups is 1. The quantitative estimate of drug-likeness (QED) is 0.394. The molecule has 1 heterocycles. The van der Waals surface area contributed by atoms with E-state index in [1.54, 1.807) is 24.3 Å². The number of rotatable bonds is 6. The summed E-state index contributed by atoms with van der Waals surface area (Å²) in [4.78, 5) is 32.3. The van der Waals surface area contributed by atoms with Crippen LogP contribution in [0.1, 0.15) is 16.1 Å². The maximum Gasteiger partial charge on any atom is 0.271 e. The van der Waals surface area contributed by atoms with Gasteiger partial charge in [0.15, 0.2) is 0 Å². The van der Waals surface area contributed by atoms with Gasteiger partial charge in [0.05, 0.1) is 16.1 Å². The molecule has 0 radical (unpaired) electrons. The normalized spacial score (nSPS) is 10.7. The van der Waals surface area contributed by atoms with Crippen molar-refractivity contribution in [2.45, 2.75) is 0 Å². The third-order valence-electron chi connectivity index (χ3n) is 3.67. The molecule has 140 valence electrons. The van der Waals surface area contributed by atoms with Crippen molar-refractivity contribution in [1.29, 1.82) is 0 Å². The highest BCUT2D eigenvalue weighted by atomic mass is 16.6. The van der Waals surface area contributed by atoms with E-state index in [0.717, 1.165) is 0 Å². The van der Waals surface area contributed by atoms with Crippen LogP contribution in [0.5, 0.6) is 0 Å². The third kappa shape index (κ3) is 4.25. The SMILES string of the molecule is O=C(N/N=C\c1ccc(-c2cccc([N+](=O)[O-])c2)o1)c1ccc([N+](=O)[O-])cc1. The molecule has 0 bridgehead atoms. The number of hydrogen-bond acceptors (Lipinski definition) is 7. The summed E-state index contributed by atoms with van der Waals surface area (Å²) < 4.78 is 5.54. The molecule has 3 rings (SSSR count). The second-order valence-corrected chi connectivity index (χ2v) is 5.51. The summed E-state index contributed by atoms with van der Waals surface area (Å²) in [6.07, 6.45) is 1.27. The van der Waals surface area contributed by atoms with E-state index in [1.165, 1.54) is 42.6 Å². The summed E-state index contributed by atoms with van der Waals surface area (Å²) in [6.45, 7) is 0. The predicted molar refractivity (Wildman–Crippen MR) is 99.0 cm³/mol. The minimum atomic E-state index is -0.560. The largest absolute Gasteiger partial charge is 0.455 e. The molecule has 0 aliphatic heterocycles. The minimum absolute atomic E-state index is 0.0560. The number of non-ortho nitro benzene ring substituents is 2. The second-order valence-electron chi connectivity index (χ2n) is 5.51. The Morgan fingerprint density at radius 3 is 2.36 bits per heavy atom. The van der Waals surface area contributed by atoms with Crippen molar-refractivity contribution in [1.82, 2.24) is 5.43 Å². The molecule has 0 atom stereocenters. The van der Waals surface area contributed by atoms with Gasteiger partial charge in [0.25, 0.3) is 17.3 Å². The lowest BCUT2D eigenvalue weighted by atomic mass is 10.1. The Hall–Kier alpha value is -4.34. The van der Waals surface area contributed by atoms with Crippen molar-refractivity contribution in [3.63, 3.8) is 0 Å². The van der Waals surface area contributed by atoms with Crippen molar-refractivity contribution < 1.29 is 19.1 Å². The van der Waals surface area contributed by atoms with Crippen LogP contribution in [0.2, 0.25) is 0 Å². The van der Waals surface area contributed by atoms with Gasteiger partial charge in [-0.2, -0.15) is 5.10 Å². The van der Waals surface area contributed by atoms with E-state index in [2.05, 4.69) is 10.5 Å². The van der Waals surface area contributed by atoms with Crippen LogP contribution in [-0.2, 0) is 0 Å². The van der Waals surface area contributed by atoms with Crippen LogP contribution >= 0.6 is 0 Å². The summed E-state index contributed by atoms with van der Waals surface area (Å²) in [5.74, 6) is 0.189. The number of carbonyl (C=O) groups excluding carboxylic acids is 1. The van der Waals surface area contributed by atoms with Crippen LogP contribution in [0.3, 0.4) is 0 Å². The fraction of sp³-hybridized carbons (Fsp3) is 0. The van der Waals surface area contributed by atoms with E-state index >= 15 is 0 Å².